The molecule has 0 fully saturated rings. The van der Waals surface area contributed by atoms with Crippen molar-refractivity contribution in [1.82, 2.24) is 4.98 Å². The Morgan fingerprint density at radius 3 is 2.60 bits per heavy atom. The fraction of sp³-hybridized carbons (Fsp3) is 0.167. The molecule has 0 saturated heterocycles. The van der Waals surface area contributed by atoms with Gasteiger partial charge in [-0.15, -0.1) is 11.3 Å². The lowest BCUT2D eigenvalue weighted by Gasteiger charge is -2.03. The minimum atomic E-state index is -0.458. The van der Waals surface area contributed by atoms with Crippen molar-refractivity contribution in [2.45, 2.75) is 19.4 Å². The van der Waals surface area contributed by atoms with Gasteiger partial charge in [-0.2, -0.15) is 11.3 Å². The number of benzene rings is 1. The Morgan fingerprint density at radius 2 is 1.88 bits per heavy atom. The van der Waals surface area contributed by atoms with Gasteiger partial charge in [0.1, 0.15) is 17.4 Å². The van der Waals surface area contributed by atoms with E-state index in [9.17, 15) is 14.0 Å². The smallest absolute Gasteiger partial charge is 0.306 e. The highest BCUT2D eigenvalue weighted by atomic mass is 32.1. The van der Waals surface area contributed by atoms with Crippen LogP contribution in [0.25, 0.3) is 10.6 Å². The maximum atomic E-state index is 12.8. The SMILES string of the molecule is O=C(CCC(=O)c1ccc(F)cc1)OCc1csc(-c2ccsc2)n1. The largest absolute Gasteiger partial charge is 0.459 e. The lowest BCUT2D eigenvalue weighted by atomic mass is 10.1. The van der Waals surface area contributed by atoms with Crippen LogP contribution in [0.5, 0.6) is 0 Å². The number of aromatic nitrogens is 1. The van der Waals surface area contributed by atoms with Crippen LogP contribution in [-0.2, 0) is 16.1 Å². The molecule has 3 rings (SSSR count). The van der Waals surface area contributed by atoms with Crippen LogP contribution >= 0.6 is 22.7 Å². The third kappa shape index (κ3) is 4.80. The number of thiophene rings is 1. The number of Topliss-reactive ketones (excluding diaryl/α,β-unsaturated/α-hetero) is 1. The predicted molar refractivity (Wildman–Crippen MR) is 95.2 cm³/mol. The molecular formula is C18H14FNO3S2. The van der Waals surface area contributed by atoms with Crippen molar-refractivity contribution in [3.05, 3.63) is 63.5 Å². The van der Waals surface area contributed by atoms with Crippen LogP contribution in [0.15, 0.2) is 46.5 Å². The Morgan fingerprint density at radius 1 is 1.08 bits per heavy atom. The van der Waals surface area contributed by atoms with Crippen molar-refractivity contribution in [3.63, 3.8) is 0 Å². The van der Waals surface area contributed by atoms with E-state index in [4.69, 9.17) is 4.74 Å². The molecular weight excluding hydrogens is 361 g/mol. The fourth-order valence-corrected chi connectivity index (χ4v) is 3.63. The number of esters is 1. The molecule has 0 spiro atoms. The number of hydrogen-bond acceptors (Lipinski definition) is 6. The number of thiazole rings is 1. The predicted octanol–water partition coefficient (Wildman–Crippen LogP) is 4.72. The number of nitrogens with zero attached hydrogens (tertiary/aromatic N) is 1. The third-order valence-electron chi connectivity index (χ3n) is 3.42. The van der Waals surface area contributed by atoms with Gasteiger partial charge in [-0.3, -0.25) is 9.59 Å². The minimum absolute atomic E-state index is 0.0161. The molecule has 1 aromatic carbocycles. The number of hydrogen-bond donors (Lipinski definition) is 0. The van der Waals surface area contributed by atoms with E-state index in [1.807, 2.05) is 22.2 Å². The Balaban J connectivity index is 1.45. The zero-order chi connectivity index (χ0) is 17.6. The second-order valence-electron chi connectivity index (χ2n) is 5.25. The maximum Gasteiger partial charge on any atom is 0.306 e. The highest BCUT2D eigenvalue weighted by molar-refractivity contribution is 7.14. The Labute approximate surface area is 151 Å². The van der Waals surface area contributed by atoms with Gasteiger partial charge in [0.25, 0.3) is 0 Å². The Bertz CT molecular complexity index is 857. The van der Waals surface area contributed by atoms with Crippen molar-refractivity contribution in [2.24, 2.45) is 0 Å². The van der Waals surface area contributed by atoms with Crippen LogP contribution in [0.1, 0.15) is 28.9 Å². The van der Waals surface area contributed by atoms with Gasteiger partial charge in [-0.25, -0.2) is 9.37 Å². The van der Waals surface area contributed by atoms with Gasteiger partial charge < -0.3 is 4.74 Å². The van der Waals surface area contributed by atoms with Crippen molar-refractivity contribution >= 4 is 34.4 Å². The highest BCUT2D eigenvalue weighted by Gasteiger charge is 2.12. The maximum absolute atomic E-state index is 12.8. The number of ether oxygens (including phenoxy) is 1. The molecule has 0 N–H and O–H groups in total. The molecule has 3 aromatic rings. The molecule has 4 nitrogen and oxygen atoms in total. The number of rotatable bonds is 7. The summed E-state index contributed by atoms with van der Waals surface area (Å²) in [7, 11) is 0. The topological polar surface area (TPSA) is 56.3 Å². The fourth-order valence-electron chi connectivity index (χ4n) is 2.11. The molecule has 0 atom stereocenters. The molecule has 0 aliphatic heterocycles. The third-order valence-corrected chi connectivity index (χ3v) is 5.05. The first-order chi connectivity index (χ1) is 12.1. The van der Waals surface area contributed by atoms with E-state index in [2.05, 4.69) is 4.98 Å². The van der Waals surface area contributed by atoms with Gasteiger partial charge in [-0.05, 0) is 35.7 Å². The lowest BCUT2D eigenvalue weighted by molar-refractivity contribution is -0.145. The second kappa shape index (κ2) is 8.13. The van der Waals surface area contributed by atoms with Gasteiger partial charge in [0, 0.05) is 28.3 Å². The van der Waals surface area contributed by atoms with Gasteiger partial charge >= 0.3 is 5.97 Å². The van der Waals surface area contributed by atoms with E-state index < -0.39 is 11.8 Å². The van der Waals surface area contributed by atoms with Crippen molar-refractivity contribution in [3.8, 4) is 10.6 Å². The van der Waals surface area contributed by atoms with Gasteiger partial charge in [-0.1, -0.05) is 0 Å². The summed E-state index contributed by atoms with van der Waals surface area (Å²) in [6.45, 7) is 0.0875. The standard InChI is InChI=1S/C18H14FNO3S2/c19-14-3-1-12(2-4-14)16(21)5-6-17(22)23-9-15-11-25-18(20-15)13-7-8-24-10-13/h1-4,7-8,10-11H,5-6,9H2. The molecule has 2 aromatic heterocycles. The number of carbonyl (C=O) groups is 2. The van der Waals surface area contributed by atoms with E-state index in [1.165, 1.54) is 35.6 Å². The molecule has 0 unspecified atom stereocenters. The van der Waals surface area contributed by atoms with Crippen LogP contribution in [-0.4, -0.2) is 16.7 Å². The second-order valence-corrected chi connectivity index (χ2v) is 6.88. The van der Waals surface area contributed by atoms with Gasteiger partial charge in [0.2, 0.25) is 0 Å². The first-order valence-corrected chi connectivity index (χ1v) is 9.35. The number of ketones is 1. The van der Waals surface area contributed by atoms with Crippen LogP contribution in [0.4, 0.5) is 4.39 Å². The summed E-state index contributed by atoms with van der Waals surface area (Å²) in [6, 6.07) is 7.24. The molecule has 128 valence electrons. The summed E-state index contributed by atoms with van der Waals surface area (Å²) in [6.07, 6.45) is 0.0133. The van der Waals surface area contributed by atoms with Crippen LogP contribution in [0.3, 0.4) is 0 Å². The molecule has 0 saturated carbocycles. The van der Waals surface area contributed by atoms with Crippen molar-refractivity contribution < 1.29 is 18.7 Å². The van der Waals surface area contributed by atoms with E-state index in [0.29, 0.717) is 11.3 Å². The molecule has 7 heteroatoms. The van der Waals surface area contributed by atoms with Gasteiger partial charge in [0.05, 0.1) is 12.1 Å². The van der Waals surface area contributed by atoms with E-state index in [-0.39, 0.29) is 25.2 Å². The van der Waals surface area contributed by atoms with E-state index in [0.717, 1.165) is 10.6 Å². The summed E-state index contributed by atoms with van der Waals surface area (Å²) >= 11 is 3.09. The molecule has 0 aliphatic carbocycles. The average Bonchev–Trinajstić information content (AvgIpc) is 3.29. The first kappa shape index (κ1) is 17.4. The monoisotopic (exact) mass is 375 g/mol. The number of carbonyl (C=O) groups excluding carboxylic acids is 2. The quantitative estimate of drug-likeness (QED) is 0.443. The Kier molecular flexibility index (Phi) is 5.67. The van der Waals surface area contributed by atoms with Crippen LogP contribution in [0, 0.1) is 5.82 Å². The van der Waals surface area contributed by atoms with Gasteiger partial charge in [0.15, 0.2) is 5.78 Å². The summed E-state index contributed by atoms with van der Waals surface area (Å²) in [5, 5.41) is 6.73. The zero-order valence-corrected chi connectivity index (χ0v) is 14.7. The van der Waals surface area contributed by atoms with Crippen LogP contribution < -0.4 is 0 Å². The van der Waals surface area contributed by atoms with Crippen molar-refractivity contribution in [1.29, 1.82) is 0 Å². The minimum Gasteiger partial charge on any atom is -0.459 e. The summed E-state index contributed by atoms with van der Waals surface area (Å²) < 4.78 is 18.0. The molecule has 0 bridgehead atoms. The lowest BCUT2D eigenvalue weighted by Crippen LogP contribution is -2.08. The molecule has 25 heavy (non-hydrogen) atoms. The molecule has 2 heterocycles. The summed E-state index contributed by atoms with van der Waals surface area (Å²) in [5.41, 5.74) is 2.12. The van der Waals surface area contributed by atoms with E-state index >= 15 is 0 Å². The molecule has 0 amide bonds. The summed E-state index contributed by atoms with van der Waals surface area (Å²) in [4.78, 5) is 28.1. The normalized spacial score (nSPS) is 10.6. The first-order valence-electron chi connectivity index (χ1n) is 7.53. The zero-order valence-electron chi connectivity index (χ0n) is 13.1. The molecule has 0 radical (unpaired) electrons. The number of halogens is 1. The van der Waals surface area contributed by atoms with E-state index in [1.54, 1.807) is 11.3 Å². The van der Waals surface area contributed by atoms with Crippen LogP contribution in [0.2, 0.25) is 0 Å². The molecule has 0 aliphatic rings. The highest BCUT2D eigenvalue weighted by Crippen LogP contribution is 2.25. The van der Waals surface area contributed by atoms with Crippen molar-refractivity contribution in [2.75, 3.05) is 0 Å². The average molecular weight is 375 g/mol. The Hall–Kier alpha value is -2.38. The summed E-state index contributed by atoms with van der Waals surface area (Å²) in [5.74, 6) is -1.08.